The zero-order chi connectivity index (χ0) is 18.5. The van der Waals surface area contributed by atoms with Crippen LogP contribution in [0.3, 0.4) is 0 Å². The number of halogens is 1. The number of nitrogens with zero attached hydrogens (tertiary/aromatic N) is 3. The van der Waals surface area contributed by atoms with Crippen molar-refractivity contribution in [2.24, 2.45) is 0 Å². The maximum atomic E-state index is 13.9. The molecule has 146 valence electrons. The molecule has 2 aromatic rings. The summed E-state index contributed by atoms with van der Waals surface area (Å²) in [5.74, 6) is 1.48. The molecule has 0 radical (unpaired) electrons. The van der Waals surface area contributed by atoms with Crippen molar-refractivity contribution in [3.63, 3.8) is 0 Å². The molecule has 1 aliphatic heterocycles. The zero-order valence-electron chi connectivity index (χ0n) is 16.1. The topological polar surface area (TPSA) is 32.5 Å². The minimum absolute atomic E-state index is 0.101. The molecular formula is C22H30FN3O. The van der Waals surface area contributed by atoms with Crippen molar-refractivity contribution in [1.82, 2.24) is 15.0 Å². The van der Waals surface area contributed by atoms with Crippen LogP contribution in [0, 0.1) is 5.82 Å². The minimum atomic E-state index is -0.101. The van der Waals surface area contributed by atoms with E-state index in [-0.39, 0.29) is 5.82 Å². The van der Waals surface area contributed by atoms with Gasteiger partial charge in [0.2, 0.25) is 0 Å². The summed E-state index contributed by atoms with van der Waals surface area (Å²) in [5.41, 5.74) is 1.94. The maximum Gasteiger partial charge on any atom is 0.150 e. The normalized spacial score (nSPS) is 20.6. The Kier molecular flexibility index (Phi) is 6.20. The van der Waals surface area contributed by atoms with Crippen molar-refractivity contribution >= 4 is 0 Å². The number of hydrogen-bond acceptors (Lipinski definition) is 4. The van der Waals surface area contributed by atoms with Crippen LogP contribution in [-0.2, 0) is 13.1 Å². The Labute approximate surface area is 161 Å². The molecule has 1 saturated carbocycles. The summed E-state index contributed by atoms with van der Waals surface area (Å²) in [5, 5.41) is 4.36. The minimum Gasteiger partial charge on any atom is -0.360 e. The molecule has 4 nitrogen and oxygen atoms in total. The van der Waals surface area contributed by atoms with Crippen molar-refractivity contribution in [2.45, 2.75) is 57.5 Å². The molecule has 1 aromatic carbocycles. The van der Waals surface area contributed by atoms with Gasteiger partial charge in [-0.3, -0.25) is 9.80 Å². The number of rotatable bonds is 5. The molecule has 27 heavy (non-hydrogen) atoms. The van der Waals surface area contributed by atoms with E-state index in [1.807, 2.05) is 12.1 Å². The Morgan fingerprint density at radius 1 is 0.926 bits per heavy atom. The van der Waals surface area contributed by atoms with E-state index in [0.717, 1.165) is 56.2 Å². The van der Waals surface area contributed by atoms with Gasteiger partial charge >= 0.3 is 0 Å². The molecule has 4 rings (SSSR count). The highest BCUT2D eigenvalue weighted by Gasteiger charge is 2.21. The summed E-state index contributed by atoms with van der Waals surface area (Å²) in [6.07, 6.45) is 7.59. The van der Waals surface area contributed by atoms with E-state index in [0.29, 0.717) is 12.5 Å². The summed E-state index contributed by atoms with van der Waals surface area (Å²) < 4.78 is 19.6. The van der Waals surface area contributed by atoms with E-state index in [1.165, 1.54) is 32.1 Å². The molecule has 1 aliphatic carbocycles. The molecule has 2 fully saturated rings. The van der Waals surface area contributed by atoms with Gasteiger partial charge in [0.05, 0.1) is 12.2 Å². The molecule has 5 heteroatoms. The SMILES string of the molecule is Fc1ccccc1CN1CCCN(Cc2cc(C3CCCCC3)no2)CC1. The van der Waals surface area contributed by atoms with Gasteiger partial charge in [-0.1, -0.05) is 42.6 Å². The molecule has 0 atom stereocenters. The third-order valence-electron chi connectivity index (χ3n) is 6.01. The van der Waals surface area contributed by atoms with Gasteiger partial charge in [-0.25, -0.2) is 4.39 Å². The maximum absolute atomic E-state index is 13.9. The standard InChI is InChI=1S/C22H30FN3O/c23-21-10-5-4-9-19(21)16-25-11-6-12-26(14-13-25)17-20-15-22(24-27-20)18-7-2-1-3-8-18/h4-5,9-10,15,18H,1-3,6-8,11-14,16-17H2. The van der Waals surface area contributed by atoms with Gasteiger partial charge in [0.15, 0.2) is 5.76 Å². The van der Waals surface area contributed by atoms with Crippen LogP contribution in [0.25, 0.3) is 0 Å². The van der Waals surface area contributed by atoms with Crippen LogP contribution in [0.1, 0.15) is 61.5 Å². The van der Waals surface area contributed by atoms with Gasteiger partial charge in [0.1, 0.15) is 5.82 Å². The Morgan fingerprint density at radius 2 is 1.67 bits per heavy atom. The van der Waals surface area contributed by atoms with Gasteiger partial charge in [0, 0.05) is 37.2 Å². The Bertz CT molecular complexity index is 726. The lowest BCUT2D eigenvalue weighted by Gasteiger charge is -2.21. The first-order valence-electron chi connectivity index (χ1n) is 10.4. The molecule has 0 N–H and O–H groups in total. The van der Waals surface area contributed by atoms with Crippen LogP contribution >= 0.6 is 0 Å². The fourth-order valence-electron chi connectivity index (χ4n) is 4.42. The Morgan fingerprint density at radius 3 is 2.44 bits per heavy atom. The summed E-state index contributed by atoms with van der Waals surface area (Å²) in [6.45, 7) is 5.51. The van der Waals surface area contributed by atoms with E-state index in [9.17, 15) is 4.39 Å². The molecule has 0 unspecified atom stereocenters. The third kappa shape index (κ3) is 4.96. The van der Waals surface area contributed by atoms with E-state index in [2.05, 4.69) is 21.0 Å². The van der Waals surface area contributed by atoms with Crippen LogP contribution in [0.5, 0.6) is 0 Å². The van der Waals surface area contributed by atoms with Crippen molar-refractivity contribution in [3.05, 3.63) is 53.2 Å². The van der Waals surface area contributed by atoms with Crippen LogP contribution in [0.2, 0.25) is 0 Å². The molecule has 2 aliphatic rings. The number of aromatic nitrogens is 1. The molecule has 1 aromatic heterocycles. The monoisotopic (exact) mass is 371 g/mol. The summed E-state index contributed by atoms with van der Waals surface area (Å²) in [4.78, 5) is 4.79. The smallest absolute Gasteiger partial charge is 0.150 e. The molecule has 0 amide bonds. The quantitative estimate of drug-likeness (QED) is 0.771. The van der Waals surface area contributed by atoms with Gasteiger partial charge < -0.3 is 4.52 Å². The zero-order valence-corrected chi connectivity index (χ0v) is 16.1. The average Bonchev–Trinajstić information content (AvgIpc) is 3.05. The first-order chi connectivity index (χ1) is 13.3. The van der Waals surface area contributed by atoms with Crippen LogP contribution in [-0.4, -0.2) is 41.1 Å². The van der Waals surface area contributed by atoms with Crippen molar-refractivity contribution in [3.8, 4) is 0 Å². The van der Waals surface area contributed by atoms with E-state index in [4.69, 9.17) is 4.52 Å². The summed E-state index contributed by atoms with van der Waals surface area (Å²) in [7, 11) is 0. The lowest BCUT2D eigenvalue weighted by molar-refractivity contribution is 0.224. The van der Waals surface area contributed by atoms with E-state index < -0.39 is 0 Å². The highest BCUT2D eigenvalue weighted by molar-refractivity contribution is 5.17. The molecule has 0 spiro atoms. The first kappa shape index (κ1) is 18.6. The van der Waals surface area contributed by atoms with Gasteiger partial charge in [0.25, 0.3) is 0 Å². The first-order valence-corrected chi connectivity index (χ1v) is 10.4. The fourth-order valence-corrected chi connectivity index (χ4v) is 4.42. The second kappa shape index (κ2) is 8.98. The lowest BCUT2D eigenvalue weighted by Crippen LogP contribution is -2.30. The number of hydrogen-bond donors (Lipinski definition) is 0. The van der Waals surface area contributed by atoms with Crippen LogP contribution < -0.4 is 0 Å². The van der Waals surface area contributed by atoms with Crippen LogP contribution in [0.4, 0.5) is 4.39 Å². The molecule has 0 bridgehead atoms. The second-order valence-corrected chi connectivity index (χ2v) is 8.05. The number of benzene rings is 1. The van der Waals surface area contributed by atoms with Gasteiger partial charge in [-0.2, -0.15) is 0 Å². The van der Waals surface area contributed by atoms with E-state index in [1.54, 1.807) is 12.1 Å². The van der Waals surface area contributed by atoms with Crippen LogP contribution in [0.15, 0.2) is 34.9 Å². The highest BCUT2D eigenvalue weighted by Crippen LogP contribution is 2.32. The molecular weight excluding hydrogens is 341 g/mol. The predicted octanol–water partition coefficient (Wildman–Crippen LogP) is 4.57. The van der Waals surface area contributed by atoms with Crippen molar-refractivity contribution < 1.29 is 8.91 Å². The van der Waals surface area contributed by atoms with Gasteiger partial charge in [-0.15, -0.1) is 0 Å². The predicted molar refractivity (Wildman–Crippen MR) is 104 cm³/mol. The Balaban J connectivity index is 1.29. The summed E-state index contributed by atoms with van der Waals surface area (Å²) in [6, 6.07) is 9.28. The largest absolute Gasteiger partial charge is 0.360 e. The highest BCUT2D eigenvalue weighted by atomic mass is 19.1. The lowest BCUT2D eigenvalue weighted by atomic mass is 9.87. The van der Waals surface area contributed by atoms with E-state index >= 15 is 0 Å². The average molecular weight is 372 g/mol. The molecule has 1 saturated heterocycles. The summed E-state index contributed by atoms with van der Waals surface area (Å²) >= 11 is 0. The third-order valence-corrected chi connectivity index (χ3v) is 6.01. The second-order valence-electron chi connectivity index (χ2n) is 8.05. The Hall–Kier alpha value is -1.72. The van der Waals surface area contributed by atoms with Gasteiger partial charge in [-0.05, 0) is 38.4 Å². The van der Waals surface area contributed by atoms with Crippen molar-refractivity contribution in [1.29, 1.82) is 0 Å². The molecule has 2 heterocycles. The fraction of sp³-hybridized carbons (Fsp3) is 0.591. The van der Waals surface area contributed by atoms with Crippen molar-refractivity contribution in [2.75, 3.05) is 26.2 Å².